The number of fused-ring (bicyclic) bond motifs is 1. The predicted octanol–water partition coefficient (Wildman–Crippen LogP) is 2.97. The molecule has 0 fully saturated rings. The fraction of sp³-hybridized carbons (Fsp3) is 0.375. The van der Waals surface area contributed by atoms with E-state index in [2.05, 4.69) is 35.6 Å². The highest BCUT2D eigenvalue weighted by Gasteiger charge is 2.09. The second kappa shape index (κ2) is 6.55. The van der Waals surface area contributed by atoms with Crippen LogP contribution < -0.4 is 10.1 Å². The standard InChI is InChI=1S/C16H21NO2/c1-12(18-3)11-19-16-9-8-13-6-4-5-7-14(13)15(16)10-17-2/h4-9,12,17H,10-11H2,1-3H3. The minimum Gasteiger partial charge on any atom is -0.491 e. The van der Waals surface area contributed by atoms with E-state index in [4.69, 9.17) is 9.47 Å². The third kappa shape index (κ3) is 3.25. The van der Waals surface area contributed by atoms with Crippen molar-refractivity contribution in [1.29, 1.82) is 0 Å². The van der Waals surface area contributed by atoms with Gasteiger partial charge in [-0.25, -0.2) is 0 Å². The Kier molecular flexibility index (Phi) is 4.77. The maximum Gasteiger partial charge on any atom is 0.124 e. The normalized spacial score (nSPS) is 12.6. The molecule has 0 saturated carbocycles. The van der Waals surface area contributed by atoms with E-state index < -0.39 is 0 Å². The van der Waals surface area contributed by atoms with Gasteiger partial charge in [0, 0.05) is 19.2 Å². The molecule has 0 saturated heterocycles. The summed E-state index contributed by atoms with van der Waals surface area (Å²) in [6.45, 7) is 3.35. The zero-order chi connectivity index (χ0) is 13.7. The minimum absolute atomic E-state index is 0.0916. The summed E-state index contributed by atoms with van der Waals surface area (Å²) in [5.74, 6) is 0.928. The summed E-state index contributed by atoms with van der Waals surface area (Å²) >= 11 is 0. The number of nitrogens with one attached hydrogen (secondary N) is 1. The fourth-order valence-corrected chi connectivity index (χ4v) is 2.09. The van der Waals surface area contributed by atoms with Gasteiger partial charge >= 0.3 is 0 Å². The number of rotatable bonds is 6. The zero-order valence-electron chi connectivity index (χ0n) is 11.8. The van der Waals surface area contributed by atoms with Crippen molar-refractivity contribution in [3.05, 3.63) is 42.0 Å². The van der Waals surface area contributed by atoms with Crippen LogP contribution in [0.4, 0.5) is 0 Å². The summed E-state index contributed by atoms with van der Waals surface area (Å²) in [6.07, 6.45) is 0.0916. The van der Waals surface area contributed by atoms with E-state index in [9.17, 15) is 0 Å². The summed E-state index contributed by atoms with van der Waals surface area (Å²) in [6, 6.07) is 12.5. The Morgan fingerprint density at radius 2 is 1.95 bits per heavy atom. The molecule has 1 N–H and O–H groups in total. The van der Waals surface area contributed by atoms with E-state index in [1.54, 1.807) is 7.11 Å². The van der Waals surface area contributed by atoms with E-state index >= 15 is 0 Å². The molecule has 0 aliphatic rings. The van der Waals surface area contributed by atoms with Crippen molar-refractivity contribution < 1.29 is 9.47 Å². The lowest BCUT2D eigenvalue weighted by Crippen LogP contribution is -2.17. The molecular weight excluding hydrogens is 238 g/mol. The second-order valence-electron chi connectivity index (χ2n) is 4.65. The highest BCUT2D eigenvalue weighted by molar-refractivity contribution is 5.87. The molecule has 1 unspecified atom stereocenters. The van der Waals surface area contributed by atoms with Gasteiger partial charge in [0.15, 0.2) is 0 Å². The molecule has 0 radical (unpaired) electrons. The molecule has 102 valence electrons. The van der Waals surface area contributed by atoms with Gasteiger partial charge in [0.1, 0.15) is 12.4 Å². The van der Waals surface area contributed by atoms with Gasteiger partial charge in [-0.3, -0.25) is 0 Å². The lowest BCUT2D eigenvalue weighted by molar-refractivity contribution is 0.0713. The van der Waals surface area contributed by atoms with Crippen molar-refractivity contribution in [3.63, 3.8) is 0 Å². The molecule has 19 heavy (non-hydrogen) atoms. The van der Waals surface area contributed by atoms with Gasteiger partial charge in [0.05, 0.1) is 6.10 Å². The van der Waals surface area contributed by atoms with Crippen LogP contribution in [0, 0.1) is 0 Å². The molecule has 3 heteroatoms. The van der Waals surface area contributed by atoms with Crippen LogP contribution in [-0.2, 0) is 11.3 Å². The molecule has 1 atom stereocenters. The number of benzene rings is 2. The first-order valence-corrected chi connectivity index (χ1v) is 6.57. The summed E-state index contributed by atoms with van der Waals surface area (Å²) in [5.41, 5.74) is 1.20. The summed E-state index contributed by atoms with van der Waals surface area (Å²) < 4.78 is 11.1. The van der Waals surface area contributed by atoms with Gasteiger partial charge in [-0.1, -0.05) is 30.3 Å². The van der Waals surface area contributed by atoms with Crippen LogP contribution in [0.5, 0.6) is 5.75 Å². The van der Waals surface area contributed by atoms with E-state index in [0.717, 1.165) is 12.3 Å². The van der Waals surface area contributed by atoms with Gasteiger partial charge in [-0.05, 0) is 30.8 Å². The summed E-state index contributed by atoms with van der Waals surface area (Å²) in [4.78, 5) is 0. The number of hydrogen-bond donors (Lipinski definition) is 1. The third-order valence-electron chi connectivity index (χ3n) is 3.23. The smallest absolute Gasteiger partial charge is 0.124 e. The Bertz CT molecular complexity index is 539. The number of methoxy groups -OCH3 is 1. The van der Waals surface area contributed by atoms with Crippen LogP contribution in [-0.4, -0.2) is 26.9 Å². The summed E-state index contributed by atoms with van der Waals surface area (Å²) in [5, 5.41) is 5.68. The molecule has 0 aliphatic heterocycles. The van der Waals surface area contributed by atoms with E-state index in [1.165, 1.54) is 16.3 Å². The summed E-state index contributed by atoms with van der Waals surface area (Å²) in [7, 11) is 3.65. The second-order valence-corrected chi connectivity index (χ2v) is 4.65. The maximum atomic E-state index is 5.89. The molecule has 0 spiro atoms. The molecule has 0 bridgehead atoms. The Hall–Kier alpha value is -1.58. The average molecular weight is 259 g/mol. The maximum absolute atomic E-state index is 5.89. The SMILES string of the molecule is CNCc1c(OCC(C)OC)ccc2ccccc12. The van der Waals surface area contributed by atoms with Crippen LogP contribution in [0.3, 0.4) is 0 Å². The number of ether oxygens (including phenoxy) is 2. The van der Waals surface area contributed by atoms with E-state index in [1.807, 2.05) is 20.0 Å². The van der Waals surface area contributed by atoms with Crippen molar-refractivity contribution in [3.8, 4) is 5.75 Å². The molecule has 2 aromatic rings. The molecule has 0 aliphatic carbocycles. The van der Waals surface area contributed by atoms with Gasteiger partial charge < -0.3 is 14.8 Å². The molecule has 2 rings (SSSR count). The highest BCUT2D eigenvalue weighted by atomic mass is 16.5. The molecule has 3 nitrogen and oxygen atoms in total. The quantitative estimate of drug-likeness (QED) is 0.865. The van der Waals surface area contributed by atoms with Gasteiger partial charge in [0.2, 0.25) is 0 Å². The monoisotopic (exact) mass is 259 g/mol. The first kappa shape index (κ1) is 13.8. The van der Waals surface area contributed by atoms with Crippen LogP contribution in [0.25, 0.3) is 10.8 Å². The Balaban J connectivity index is 2.34. The van der Waals surface area contributed by atoms with Crippen molar-refractivity contribution >= 4 is 10.8 Å². The van der Waals surface area contributed by atoms with Crippen LogP contribution in [0.2, 0.25) is 0 Å². The van der Waals surface area contributed by atoms with Crippen molar-refractivity contribution in [1.82, 2.24) is 5.32 Å². The van der Waals surface area contributed by atoms with Crippen LogP contribution in [0.1, 0.15) is 12.5 Å². The lowest BCUT2D eigenvalue weighted by Gasteiger charge is -2.16. The lowest BCUT2D eigenvalue weighted by atomic mass is 10.0. The predicted molar refractivity (Wildman–Crippen MR) is 78.7 cm³/mol. The topological polar surface area (TPSA) is 30.5 Å². The van der Waals surface area contributed by atoms with Crippen LogP contribution >= 0.6 is 0 Å². The molecule has 0 aromatic heterocycles. The molecule has 0 heterocycles. The first-order valence-electron chi connectivity index (χ1n) is 6.57. The van der Waals surface area contributed by atoms with E-state index in [0.29, 0.717) is 6.61 Å². The van der Waals surface area contributed by atoms with Crippen LogP contribution in [0.15, 0.2) is 36.4 Å². The largest absolute Gasteiger partial charge is 0.491 e. The first-order chi connectivity index (χ1) is 9.26. The Labute approximate surface area is 114 Å². The van der Waals surface area contributed by atoms with Gasteiger partial charge in [-0.15, -0.1) is 0 Å². The molecule has 2 aromatic carbocycles. The van der Waals surface area contributed by atoms with Crippen molar-refractivity contribution in [2.75, 3.05) is 20.8 Å². The third-order valence-corrected chi connectivity index (χ3v) is 3.23. The van der Waals surface area contributed by atoms with Gasteiger partial charge in [0.25, 0.3) is 0 Å². The average Bonchev–Trinajstić information content (AvgIpc) is 2.46. The Morgan fingerprint density at radius 3 is 2.68 bits per heavy atom. The molecular formula is C16H21NO2. The molecule has 0 amide bonds. The van der Waals surface area contributed by atoms with Crippen molar-refractivity contribution in [2.24, 2.45) is 0 Å². The van der Waals surface area contributed by atoms with Crippen molar-refractivity contribution in [2.45, 2.75) is 19.6 Å². The fourth-order valence-electron chi connectivity index (χ4n) is 2.09. The Morgan fingerprint density at radius 1 is 1.16 bits per heavy atom. The zero-order valence-corrected chi connectivity index (χ0v) is 11.8. The van der Waals surface area contributed by atoms with E-state index in [-0.39, 0.29) is 6.10 Å². The number of hydrogen-bond acceptors (Lipinski definition) is 3. The minimum atomic E-state index is 0.0916. The van der Waals surface area contributed by atoms with Gasteiger partial charge in [-0.2, -0.15) is 0 Å². The highest BCUT2D eigenvalue weighted by Crippen LogP contribution is 2.28.